The van der Waals surface area contributed by atoms with E-state index < -0.39 is 0 Å². The van der Waals surface area contributed by atoms with E-state index in [0.29, 0.717) is 0 Å². The molecule has 0 unspecified atom stereocenters. The first-order valence-corrected chi connectivity index (χ1v) is 9.70. The Kier molecular flexibility index (Phi) is 4.64. The molecule has 128 valence electrons. The van der Waals surface area contributed by atoms with Crippen LogP contribution in [0.25, 0.3) is 0 Å². The number of ether oxygens (including phenoxy) is 1. The Balaban J connectivity index is 1.51. The smallest absolute Gasteiger partial charge is 0.120 e. The van der Waals surface area contributed by atoms with Crippen molar-refractivity contribution in [3.05, 3.63) is 58.5 Å². The van der Waals surface area contributed by atoms with Gasteiger partial charge in [0.05, 0.1) is 12.2 Å². The molecule has 0 N–H and O–H groups in total. The maximum atomic E-state index is 5.97. The lowest BCUT2D eigenvalue weighted by Gasteiger charge is -2.37. The molecule has 1 aromatic carbocycles. The van der Waals surface area contributed by atoms with Crippen LogP contribution >= 0.6 is 0 Å². The van der Waals surface area contributed by atoms with Crippen LogP contribution in [0.3, 0.4) is 0 Å². The van der Waals surface area contributed by atoms with Gasteiger partial charge in [-0.2, -0.15) is 0 Å². The molecule has 0 aromatic heterocycles. The van der Waals surface area contributed by atoms with Crippen LogP contribution in [0.15, 0.2) is 47.4 Å². The summed E-state index contributed by atoms with van der Waals surface area (Å²) in [5, 5.41) is 0. The molecule has 1 heterocycles. The van der Waals surface area contributed by atoms with Crippen LogP contribution in [0, 0.1) is 0 Å². The van der Waals surface area contributed by atoms with E-state index in [1.165, 1.54) is 61.1 Å². The second-order valence-corrected chi connectivity index (χ2v) is 7.43. The van der Waals surface area contributed by atoms with Gasteiger partial charge in [0, 0.05) is 13.0 Å². The average molecular weight is 323 g/mol. The fraction of sp³-hybridized carbons (Fsp3) is 0.545. The van der Waals surface area contributed by atoms with Gasteiger partial charge in [0.15, 0.2) is 0 Å². The van der Waals surface area contributed by atoms with E-state index in [0.717, 1.165) is 32.0 Å². The lowest BCUT2D eigenvalue weighted by atomic mass is 9.94. The largest absolute Gasteiger partial charge is 0.494 e. The zero-order valence-electron chi connectivity index (χ0n) is 14.9. The first kappa shape index (κ1) is 15.8. The summed E-state index contributed by atoms with van der Waals surface area (Å²) in [4.78, 5) is 2.54. The number of rotatable bonds is 3. The number of nitrogens with zero attached hydrogens (tertiary/aromatic N) is 1. The third-order valence-electron chi connectivity index (χ3n) is 5.90. The Morgan fingerprint density at radius 3 is 2.62 bits per heavy atom. The predicted octanol–water partition coefficient (Wildman–Crippen LogP) is 5.52. The Morgan fingerprint density at radius 2 is 1.88 bits per heavy atom. The minimum absolute atomic E-state index is 0.810. The quantitative estimate of drug-likeness (QED) is 0.726. The van der Waals surface area contributed by atoms with Crippen LogP contribution in [-0.4, -0.2) is 18.1 Å². The standard InChI is InChI=1S/C22H29NO/c1-2-18-8-5-9-21-22(18)23(14-15-24-21)16-17-10-12-20(13-11-17)19-6-3-4-7-19/h2,10-13,19H,3-9,14-16H2,1H3/b18-2+. The molecule has 0 atom stereocenters. The predicted molar refractivity (Wildman–Crippen MR) is 98.6 cm³/mol. The molecule has 1 aliphatic heterocycles. The van der Waals surface area contributed by atoms with Crippen molar-refractivity contribution < 1.29 is 4.74 Å². The van der Waals surface area contributed by atoms with Gasteiger partial charge in [0.1, 0.15) is 12.4 Å². The van der Waals surface area contributed by atoms with Crippen molar-refractivity contribution in [1.29, 1.82) is 0 Å². The molecule has 0 amide bonds. The highest BCUT2D eigenvalue weighted by Crippen LogP contribution is 2.36. The maximum absolute atomic E-state index is 5.97. The minimum Gasteiger partial charge on any atom is -0.494 e. The lowest BCUT2D eigenvalue weighted by molar-refractivity contribution is 0.115. The van der Waals surface area contributed by atoms with Crippen LogP contribution in [0.2, 0.25) is 0 Å². The van der Waals surface area contributed by atoms with Crippen molar-refractivity contribution in [1.82, 2.24) is 4.90 Å². The van der Waals surface area contributed by atoms with Crippen molar-refractivity contribution in [3.63, 3.8) is 0 Å². The minimum atomic E-state index is 0.810. The van der Waals surface area contributed by atoms with Crippen LogP contribution in [0.5, 0.6) is 0 Å². The van der Waals surface area contributed by atoms with Crippen molar-refractivity contribution in [3.8, 4) is 0 Å². The van der Waals surface area contributed by atoms with E-state index in [1.807, 2.05) is 0 Å². The molecule has 1 saturated carbocycles. The van der Waals surface area contributed by atoms with Crippen LogP contribution in [0.1, 0.15) is 68.9 Å². The van der Waals surface area contributed by atoms with Gasteiger partial charge in [-0.25, -0.2) is 0 Å². The van der Waals surface area contributed by atoms with Gasteiger partial charge in [-0.3, -0.25) is 0 Å². The van der Waals surface area contributed by atoms with Gasteiger partial charge in [-0.1, -0.05) is 43.2 Å². The monoisotopic (exact) mass is 323 g/mol. The highest BCUT2D eigenvalue weighted by atomic mass is 16.5. The van der Waals surface area contributed by atoms with Crippen molar-refractivity contribution in [2.45, 2.75) is 64.3 Å². The normalized spacial score (nSPS) is 23.5. The fourth-order valence-corrected chi connectivity index (χ4v) is 4.58. The van der Waals surface area contributed by atoms with Crippen molar-refractivity contribution in [2.75, 3.05) is 13.2 Å². The number of allylic oxidation sites excluding steroid dienone is 3. The highest BCUT2D eigenvalue weighted by molar-refractivity contribution is 5.36. The van der Waals surface area contributed by atoms with Gasteiger partial charge in [0.2, 0.25) is 0 Å². The molecular formula is C22H29NO. The molecule has 0 radical (unpaired) electrons. The Hall–Kier alpha value is -1.70. The molecule has 2 heteroatoms. The summed E-state index contributed by atoms with van der Waals surface area (Å²) in [5.41, 5.74) is 5.82. The van der Waals surface area contributed by atoms with Crippen molar-refractivity contribution >= 4 is 0 Å². The Bertz CT molecular complexity index is 630. The summed E-state index contributed by atoms with van der Waals surface area (Å²) in [6.45, 7) is 5.00. The zero-order valence-corrected chi connectivity index (χ0v) is 14.9. The molecule has 0 saturated heterocycles. The summed E-state index contributed by atoms with van der Waals surface area (Å²) in [6.07, 6.45) is 11.4. The number of benzene rings is 1. The molecule has 1 fully saturated rings. The average Bonchev–Trinajstić information content (AvgIpc) is 3.17. The summed E-state index contributed by atoms with van der Waals surface area (Å²) in [6, 6.07) is 9.44. The molecule has 0 bridgehead atoms. The Morgan fingerprint density at radius 1 is 1.08 bits per heavy atom. The maximum Gasteiger partial charge on any atom is 0.120 e. The molecule has 0 spiro atoms. The lowest BCUT2D eigenvalue weighted by Crippen LogP contribution is -2.34. The second-order valence-electron chi connectivity index (χ2n) is 7.43. The molecular weight excluding hydrogens is 294 g/mol. The number of hydrogen-bond acceptors (Lipinski definition) is 2. The van der Waals surface area contributed by atoms with Gasteiger partial charge >= 0.3 is 0 Å². The first-order chi connectivity index (χ1) is 11.8. The molecule has 24 heavy (non-hydrogen) atoms. The summed E-state index contributed by atoms with van der Waals surface area (Å²) in [5.74, 6) is 2.04. The van der Waals surface area contributed by atoms with Crippen LogP contribution in [-0.2, 0) is 11.3 Å². The van der Waals surface area contributed by atoms with Gasteiger partial charge in [-0.05, 0) is 55.2 Å². The van der Waals surface area contributed by atoms with E-state index >= 15 is 0 Å². The molecule has 3 aliphatic rings. The van der Waals surface area contributed by atoms with Crippen LogP contribution < -0.4 is 0 Å². The van der Waals surface area contributed by atoms with Gasteiger partial charge in [0.25, 0.3) is 0 Å². The molecule has 4 rings (SSSR count). The van der Waals surface area contributed by atoms with E-state index in [1.54, 1.807) is 5.56 Å². The van der Waals surface area contributed by atoms with Crippen molar-refractivity contribution in [2.24, 2.45) is 0 Å². The molecule has 2 nitrogen and oxygen atoms in total. The summed E-state index contributed by atoms with van der Waals surface area (Å²) < 4.78 is 5.97. The highest BCUT2D eigenvalue weighted by Gasteiger charge is 2.27. The van der Waals surface area contributed by atoms with Gasteiger partial charge < -0.3 is 9.64 Å². The topological polar surface area (TPSA) is 12.5 Å². The molecule has 2 aliphatic carbocycles. The van der Waals surface area contributed by atoms with E-state index in [4.69, 9.17) is 4.74 Å². The zero-order chi connectivity index (χ0) is 16.4. The fourth-order valence-electron chi connectivity index (χ4n) is 4.58. The van der Waals surface area contributed by atoms with E-state index in [2.05, 4.69) is 42.2 Å². The first-order valence-electron chi connectivity index (χ1n) is 9.70. The van der Waals surface area contributed by atoms with E-state index in [-0.39, 0.29) is 0 Å². The van der Waals surface area contributed by atoms with E-state index in [9.17, 15) is 0 Å². The third-order valence-corrected chi connectivity index (χ3v) is 5.90. The molecule has 1 aromatic rings. The summed E-state index contributed by atoms with van der Waals surface area (Å²) in [7, 11) is 0. The third kappa shape index (κ3) is 3.11. The second kappa shape index (κ2) is 7.04. The van der Waals surface area contributed by atoms with Gasteiger partial charge in [-0.15, -0.1) is 0 Å². The Labute approximate surface area is 146 Å². The van der Waals surface area contributed by atoms with Crippen LogP contribution in [0.4, 0.5) is 0 Å². The number of hydrogen-bond donors (Lipinski definition) is 0. The SMILES string of the molecule is C/C=C1\CCCC2=C1N(Cc1ccc(C3CCCC3)cc1)CCO2. The summed E-state index contributed by atoms with van der Waals surface area (Å²) >= 11 is 0.